The third-order valence-electron chi connectivity index (χ3n) is 5.63. The van der Waals surface area contributed by atoms with Gasteiger partial charge in [-0.2, -0.15) is 0 Å². The van der Waals surface area contributed by atoms with Crippen LogP contribution in [0, 0.1) is 11.3 Å². The molecule has 146 valence electrons. The summed E-state index contributed by atoms with van der Waals surface area (Å²) < 4.78 is 6.03. The Morgan fingerprint density at radius 3 is 1.89 bits per heavy atom. The summed E-state index contributed by atoms with van der Waals surface area (Å²) in [5.74, 6) is 1.88. The Bertz CT molecular complexity index is 765. The summed E-state index contributed by atoms with van der Waals surface area (Å²) in [4.78, 5) is 0. The Kier molecular flexibility index (Phi) is 5.05. The van der Waals surface area contributed by atoms with Gasteiger partial charge in [0.1, 0.15) is 17.1 Å². The van der Waals surface area contributed by atoms with E-state index in [1.807, 2.05) is 12.1 Å². The molecule has 0 amide bonds. The van der Waals surface area contributed by atoms with E-state index in [1.165, 1.54) is 17.5 Å². The van der Waals surface area contributed by atoms with Crippen molar-refractivity contribution in [3.05, 3.63) is 59.7 Å². The number of phenolic OH excluding ortho intramolecular Hbond substituents is 1. The van der Waals surface area contributed by atoms with E-state index in [4.69, 9.17) is 4.74 Å². The van der Waals surface area contributed by atoms with Crippen LogP contribution in [-0.4, -0.2) is 10.7 Å². The summed E-state index contributed by atoms with van der Waals surface area (Å²) in [5.41, 5.74) is 2.68. The molecule has 1 saturated carbocycles. The molecule has 27 heavy (non-hydrogen) atoms. The van der Waals surface area contributed by atoms with Gasteiger partial charge in [0.25, 0.3) is 0 Å². The van der Waals surface area contributed by atoms with Gasteiger partial charge in [-0.25, -0.2) is 0 Å². The second kappa shape index (κ2) is 6.89. The zero-order valence-electron chi connectivity index (χ0n) is 17.7. The van der Waals surface area contributed by atoms with Crippen LogP contribution in [0.15, 0.2) is 48.5 Å². The smallest absolute Gasteiger partial charge is 0.120 e. The standard InChI is InChI=1S/C25H34O2/c1-18-15-24(5,6)17-25(16-18,19-7-11-21(26)12-8-19)20-9-13-22(14-10-20)27-23(2,3)4/h7-14,18,26H,15-17H2,1-6H3. The maximum atomic E-state index is 9.79. The molecule has 1 aliphatic rings. The molecule has 2 aromatic rings. The lowest BCUT2D eigenvalue weighted by Gasteiger charge is -2.48. The van der Waals surface area contributed by atoms with Gasteiger partial charge in [0.2, 0.25) is 0 Å². The lowest BCUT2D eigenvalue weighted by molar-refractivity contribution is 0.125. The van der Waals surface area contributed by atoms with Crippen molar-refractivity contribution in [2.75, 3.05) is 0 Å². The van der Waals surface area contributed by atoms with Crippen molar-refractivity contribution in [3.8, 4) is 11.5 Å². The summed E-state index contributed by atoms with van der Waals surface area (Å²) >= 11 is 0. The van der Waals surface area contributed by atoms with Crippen LogP contribution >= 0.6 is 0 Å². The molecule has 1 N–H and O–H groups in total. The van der Waals surface area contributed by atoms with Crippen LogP contribution in [-0.2, 0) is 5.41 Å². The summed E-state index contributed by atoms with van der Waals surface area (Å²) in [5, 5.41) is 9.79. The molecule has 0 radical (unpaired) electrons. The topological polar surface area (TPSA) is 29.5 Å². The van der Waals surface area contributed by atoms with Crippen molar-refractivity contribution in [2.24, 2.45) is 11.3 Å². The Hall–Kier alpha value is -1.96. The van der Waals surface area contributed by atoms with E-state index in [2.05, 4.69) is 77.9 Å². The molecule has 2 atom stereocenters. The second-order valence-corrected chi connectivity index (χ2v) is 10.2. The Balaban J connectivity index is 2.06. The van der Waals surface area contributed by atoms with E-state index >= 15 is 0 Å². The van der Waals surface area contributed by atoms with Crippen molar-refractivity contribution in [3.63, 3.8) is 0 Å². The van der Waals surface area contributed by atoms with E-state index in [0.717, 1.165) is 18.6 Å². The molecule has 0 spiro atoms. The first-order valence-electron chi connectivity index (χ1n) is 10.1. The van der Waals surface area contributed by atoms with Gasteiger partial charge in [-0.3, -0.25) is 0 Å². The monoisotopic (exact) mass is 366 g/mol. The predicted octanol–water partition coefficient (Wildman–Crippen LogP) is 6.70. The SMILES string of the molecule is CC1CC(C)(C)CC(c2ccc(O)cc2)(c2ccc(OC(C)(C)C)cc2)C1. The van der Waals surface area contributed by atoms with Crippen LogP contribution < -0.4 is 4.74 Å². The number of hydrogen-bond acceptors (Lipinski definition) is 2. The Morgan fingerprint density at radius 2 is 1.41 bits per heavy atom. The molecule has 1 fully saturated rings. The lowest BCUT2D eigenvalue weighted by atomic mass is 9.55. The molecule has 0 heterocycles. The van der Waals surface area contributed by atoms with Gasteiger partial charge < -0.3 is 9.84 Å². The molecule has 3 rings (SSSR count). The number of ether oxygens (including phenoxy) is 1. The predicted molar refractivity (Wildman–Crippen MR) is 113 cm³/mol. The quantitative estimate of drug-likeness (QED) is 0.655. The minimum absolute atomic E-state index is 0.0326. The van der Waals surface area contributed by atoms with Crippen molar-refractivity contribution in [1.29, 1.82) is 0 Å². The summed E-state index contributed by atoms with van der Waals surface area (Å²) in [6.45, 7) is 13.4. The molecule has 1 aliphatic carbocycles. The highest BCUT2D eigenvalue weighted by Crippen LogP contribution is 2.53. The molecule has 2 unspecified atom stereocenters. The first kappa shape index (κ1) is 19.8. The summed E-state index contributed by atoms with van der Waals surface area (Å²) in [6.07, 6.45) is 3.48. The van der Waals surface area contributed by atoms with E-state index in [9.17, 15) is 5.11 Å². The highest BCUT2D eigenvalue weighted by molar-refractivity contribution is 5.44. The molecule has 0 aliphatic heterocycles. The van der Waals surface area contributed by atoms with Gasteiger partial charge in [-0.15, -0.1) is 0 Å². The molecule has 2 aromatic carbocycles. The molecular weight excluding hydrogens is 332 g/mol. The normalized spacial score (nSPS) is 25.2. The van der Waals surface area contributed by atoms with Gasteiger partial charge >= 0.3 is 0 Å². The zero-order chi connectivity index (χ0) is 19.9. The molecule has 2 heteroatoms. The van der Waals surface area contributed by atoms with Gasteiger partial charge in [0.15, 0.2) is 0 Å². The van der Waals surface area contributed by atoms with Crippen molar-refractivity contribution in [2.45, 2.75) is 71.8 Å². The van der Waals surface area contributed by atoms with Gasteiger partial charge in [0, 0.05) is 5.41 Å². The van der Waals surface area contributed by atoms with E-state index < -0.39 is 0 Å². The van der Waals surface area contributed by atoms with Crippen LogP contribution in [0.4, 0.5) is 0 Å². The van der Waals surface area contributed by atoms with Crippen molar-refractivity contribution < 1.29 is 9.84 Å². The van der Waals surface area contributed by atoms with E-state index in [-0.39, 0.29) is 16.4 Å². The Morgan fingerprint density at radius 1 is 0.889 bits per heavy atom. The number of aromatic hydroxyl groups is 1. The second-order valence-electron chi connectivity index (χ2n) is 10.2. The third kappa shape index (κ3) is 4.48. The van der Waals surface area contributed by atoms with Crippen LogP contribution in [0.2, 0.25) is 0 Å². The maximum Gasteiger partial charge on any atom is 0.120 e. The van der Waals surface area contributed by atoms with Crippen molar-refractivity contribution >= 4 is 0 Å². The first-order chi connectivity index (χ1) is 12.5. The molecular formula is C25H34O2. The minimum atomic E-state index is -0.197. The minimum Gasteiger partial charge on any atom is -0.508 e. The molecule has 0 aromatic heterocycles. The number of benzene rings is 2. The largest absolute Gasteiger partial charge is 0.508 e. The lowest BCUT2D eigenvalue weighted by Crippen LogP contribution is -2.41. The van der Waals surface area contributed by atoms with Crippen molar-refractivity contribution in [1.82, 2.24) is 0 Å². The average Bonchev–Trinajstić information content (AvgIpc) is 2.52. The van der Waals surface area contributed by atoms with Gasteiger partial charge in [-0.05, 0) is 86.8 Å². The fraction of sp³-hybridized carbons (Fsp3) is 0.520. The third-order valence-corrected chi connectivity index (χ3v) is 5.63. The zero-order valence-corrected chi connectivity index (χ0v) is 17.7. The highest BCUT2D eigenvalue weighted by Gasteiger charge is 2.45. The fourth-order valence-electron chi connectivity index (χ4n) is 5.15. The van der Waals surface area contributed by atoms with Crippen LogP contribution in [0.5, 0.6) is 11.5 Å². The van der Waals surface area contributed by atoms with Crippen LogP contribution in [0.3, 0.4) is 0 Å². The summed E-state index contributed by atoms with van der Waals surface area (Å²) in [7, 11) is 0. The molecule has 2 nitrogen and oxygen atoms in total. The van der Waals surface area contributed by atoms with Crippen LogP contribution in [0.25, 0.3) is 0 Å². The average molecular weight is 367 g/mol. The number of phenols is 1. The first-order valence-corrected chi connectivity index (χ1v) is 10.1. The van der Waals surface area contributed by atoms with E-state index in [0.29, 0.717) is 11.7 Å². The molecule has 0 saturated heterocycles. The number of rotatable bonds is 3. The van der Waals surface area contributed by atoms with Crippen LogP contribution in [0.1, 0.15) is 71.9 Å². The van der Waals surface area contributed by atoms with Gasteiger partial charge in [-0.1, -0.05) is 45.0 Å². The number of hydrogen-bond donors (Lipinski definition) is 1. The Labute approximate surface area is 164 Å². The highest BCUT2D eigenvalue weighted by atomic mass is 16.5. The maximum absolute atomic E-state index is 9.79. The molecule has 0 bridgehead atoms. The fourth-order valence-corrected chi connectivity index (χ4v) is 5.15. The van der Waals surface area contributed by atoms with E-state index in [1.54, 1.807) is 0 Å². The summed E-state index contributed by atoms with van der Waals surface area (Å²) in [6, 6.07) is 16.5. The van der Waals surface area contributed by atoms with Gasteiger partial charge in [0.05, 0.1) is 0 Å².